The van der Waals surface area contributed by atoms with E-state index >= 15 is 0 Å². The van der Waals surface area contributed by atoms with Crippen LogP contribution in [0.4, 0.5) is 33.3 Å². The molecule has 118 valence electrons. The van der Waals surface area contributed by atoms with Gasteiger partial charge in [-0.1, -0.05) is 0 Å². The first kappa shape index (κ1) is 17.1. The lowest BCUT2D eigenvalue weighted by Crippen LogP contribution is -2.18. The van der Waals surface area contributed by atoms with E-state index in [9.17, 15) is 32.1 Å². The van der Waals surface area contributed by atoms with Gasteiger partial charge in [0.1, 0.15) is 0 Å². The van der Waals surface area contributed by atoms with Crippen molar-refractivity contribution in [1.82, 2.24) is 0 Å². The smallest absolute Gasteiger partial charge is 0.375 e. The van der Waals surface area contributed by atoms with Crippen LogP contribution in [0, 0.1) is 21.7 Å². The Morgan fingerprint density at radius 2 is 1.95 bits per heavy atom. The van der Waals surface area contributed by atoms with E-state index in [0.717, 1.165) is 6.07 Å². The van der Waals surface area contributed by atoms with Crippen molar-refractivity contribution in [1.29, 1.82) is 0 Å². The minimum absolute atomic E-state index is 0.00657. The summed E-state index contributed by atoms with van der Waals surface area (Å²) < 4.78 is 62.7. The summed E-state index contributed by atoms with van der Waals surface area (Å²) in [5, 5.41) is 13.1. The molecule has 0 bridgehead atoms. The normalized spacial score (nSPS) is 13.0. The molecular formula is C12H13F5N2O2. The number of benzene rings is 1. The quantitative estimate of drug-likeness (QED) is 0.481. The Bertz CT molecular complexity index is 519. The number of halogens is 5. The monoisotopic (exact) mass is 312 g/mol. The molecule has 0 radical (unpaired) electrons. The lowest BCUT2D eigenvalue weighted by atomic mass is 10.1. The fourth-order valence-electron chi connectivity index (χ4n) is 1.76. The molecule has 0 aliphatic rings. The Morgan fingerprint density at radius 3 is 2.48 bits per heavy atom. The lowest BCUT2D eigenvalue weighted by Gasteiger charge is -2.16. The maximum atomic E-state index is 13.6. The van der Waals surface area contributed by atoms with Crippen LogP contribution in [0.15, 0.2) is 12.1 Å². The van der Waals surface area contributed by atoms with Gasteiger partial charge >= 0.3 is 6.18 Å². The summed E-state index contributed by atoms with van der Waals surface area (Å²) in [5.41, 5.74) is -1.32. The third-order valence-electron chi connectivity index (χ3n) is 2.76. The summed E-state index contributed by atoms with van der Waals surface area (Å²) in [5.74, 6) is -2.70. The van der Waals surface area contributed by atoms with E-state index in [2.05, 4.69) is 5.32 Å². The van der Waals surface area contributed by atoms with E-state index in [4.69, 9.17) is 0 Å². The van der Waals surface area contributed by atoms with E-state index in [0.29, 0.717) is 6.07 Å². The van der Waals surface area contributed by atoms with Crippen LogP contribution >= 0.6 is 0 Å². The topological polar surface area (TPSA) is 55.2 Å². The largest absolute Gasteiger partial charge is 0.389 e. The zero-order valence-corrected chi connectivity index (χ0v) is 11.0. The van der Waals surface area contributed by atoms with Crippen LogP contribution in [0.5, 0.6) is 0 Å². The van der Waals surface area contributed by atoms with Gasteiger partial charge in [-0.05, 0) is 25.8 Å². The molecule has 9 heteroatoms. The van der Waals surface area contributed by atoms with Crippen molar-refractivity contribution in [2.45, 2.75) is 38.4 Å². The third kappa shape index (κ3) is 5.16. The highest BCUT2D eigenvalue weighted by Crippen LogP contribution is 2.30. The molecule has 4 nitrogen and oxygen atoms in total. The van der Waals surface area contributed by atoms with Crippen LogP contribution in [0.2, 0.25) is 0 Å². The van der Waals surface area contributed by atoms with Crippen molar-refractivity contribution in [3.8, 4) is 0 Å². The highest BCUT2D eigenvalue weighted by atomic mass is 19.4. The number of anilines is 1. The van der Waals surface area contributed by atoms with Crippen LogP contribution in [-0.2, 0) is 0 Å². The predicted molar refractivity (Wildman–Crippen MR) is 66.0 cm³/mol. The van der Waals surface area contributed by atoms with E-state index in [1.807, 2.05) is 0 Å². The first-order valence-electron chi connectivity index (χ1n) is 6.07. The van der Waals surface area contributed by atoms with E-state index in [-0.39, 0.29) is 12.8 Å². The number of nitrogens with zero attached hydrogens (tertiary/aromatic N) is 1. The number of nitro benzene ring substituents is 1. The number of nitrogens with one attached hydrogen (secondary N) is 1. The standard InChI is InChI=1S/C12H13F5N2O2/c1-7(3-2-6-12(15,16)17)18-11-9(19(20)21)5-4-8(13)10(11)14/h4-5,7,18H,2-3,6H2,1H3. The number of alkyl halides is 3. The summed E-state index contributed by atoms with van der Waals surface area (Å²) in [6.07, 6.45) is -5.52. The first-order chi connectivity index (χ1) is 9.61. The summed E-state index contributed by atoms with van der Waals surface area (Å²) in [6.45, 7) is 1.43. The van der Waals surface area contributed by atoms with Gasteiger partial charge in [0.25, 0.3) is 5.69 Å². The predicted octanol–water partition coefficient (Wildman–Crippen LogP) is 4.41. The van der Waals surface area contributed by atoms with Crippen molar-refractivity contribution >= 4 is 11.4 Å². The number of nitro groups is 1. The fourth-order valence-corrected chi connectivity index (χ4v) is 1.76. The molecule has 21 heavy (non-hydrogen) atoms. The second-order valence-corrected chi connectivity index (χ2v) is 4.57. The van der Waals surface area contributed by atoms with E-state index in [1.54, 1.807) is 0 Å². The lowest BCUT2D eigenvalue weighted by molar-refractivity contribution is -0.384. The van der Waals surface area contributed by atoms with Gasteiger partial charge in [0.15, 0.2) is 17.3 Å². The van der Waals surface area contributed by atoms with Gasteiger partial charge in [-0.2, -0.15) is 13.2 Å². The zero-order chi connectivity index (χ0) is 16.2. The molecule has 1 unspecified atom stereocenters. The second-order valence-electron chi connectivity index (χ2n) is 4.57. The Labute approximate surface area is 117 Å². The Morgan fingerprint density at radius 1 is 1.33 bits per heavy atom. The maximum absolute atomic E-state index is 13.6. The molecule has 0 fully saturated rings. The summed E-state index contributed by atoms with van der Waals surface area (Å²) in [4.78, 5) is 9.84. The summed E-state index contributed by atoms with van der Waals surface area (Å²) in [7, 11) is 0. The molecule has 0 spiro atoms. The number of hydrogen-bond acceptors (Lipinski definition) is 3. The molecule has 0 aliphatic carbocycles. The molecule has 0 aliphatic heterocycles. The van der Waals surface area contributed by atoms with Crippen molar-refractivity contribution in [2.24, 2.45) is 0 Å². The molecule has 1 aromatic rings. The molecule has 0 saturated carbocycles. The maximum Gasteiger partial charge on any atom is 0.389 e. The Balaban J connectivity index is 2.77. The summed E-state index contributed by atoms with van der Waals surface area (Å²) in [6, 6.07) is 0.734. The van der Waals surface area contributed by atoms with Gasteiger partial charge in [-0.3, -0.25) is 10.1 Å². The molecule has 0 saturated heterocycles. The van der Waals surface area contributed by atoms with Crippen molar-refractivity contribution in [2.75, 3.05) is 5.32 Å². The molecule has 0 amide bonds. The molecule has 0 aromatic heterocycles. The third-order valence-corrected chi connectivity index (χ3v) is 2.76. The van der Waals surface area contributed by atoms with Gasteiger partial charge in [0.2, 0.25) is 0 Å². The van der Waals surface area contributed by atoms with Gasteiger partial charge in [-0.25, -0.2) is 8.78 Å². The van der Waals surface area contributed by atoms with Crippen molar-refractivity contribution in [3.63, 3.8) is 0 Å². The number of hydrogen-bond donors (Lipinski definition) is 1. The Hall–Kier alpha value is -1.93. The second kappa shape index (κ2) is 6.68. The van der Waals surface area contributed by atoms with Crippen LogP contribution in [0.1, 0.15) is 26.2 Å². The molecule has 1 rings (SSSR count). The molecule has 1 N–H and O–H groups in total. The molecule has 1 atom stereocenters. The first-order valence-corrected chi connectivity index (χ1v) is 6.07. The van der Waals surface area contributed by atoms with Gasteiger partial charge in [0.05, 0.1) is 4.92 Å². The van der Waals surface area contributed by atoms with Gasteiger partial charge in [0, 0.05) is 18.5 Å². The van der Waals surface area contributed by atoms with Crippen LogP contribution in [0.25, 0.3) is 0 Å². The summed E-state index contributed by atoms with van der Waals surface area (Å²) >= 11 is 0. The van der Waals surface area contributed by atoms with E-state index in [1.165, 1.54) is 6.92 Å². The minimum atomic E-state index is -4.30. The van der Waals surface area contributed by atoms with E-state index < -0.39 is 46.6 Å². The highest BCUT2D eigenvalue weighted by molar-refractivity contribution is 5.62. The van der Waals surface area contributed by atoms with Crippen LogP contribution in [0.3, 0.4) is 0 Å². The number of rotatable bonds is 6. The SMILES string of the molecule is CC(CCCC(F)(F)F)Nc1c([N+](=O)[O-])ccc(F)c1F. The van der Waals surface area contributed by atoms with Crippen molar-refractivity contribution < 1.29 is 26.9 Å². The average Bonchev–Trinajstić information content (AvgIpc) is 2.33. The van der Waals surface area contributed by atoms with Crippen LogP contribution in [-0.4, -0.2) is 17.1 Å². The van der Waals surface area contributed by atoms with Gasteiger partial charge in [-0.15, -0.1) is 0 Å². The van der Waals surface area contributed by atoms with Crippen LogP contribution < -0.4 is 5.32 Å². The Kier molecular flexibility index (Phi) is 5.45. The van der Waals surface area contributed by atoms with Gasteiger partial charge < -0.3 is 5.32 Å². The molecule has 0 heterocycles. The van der Waals surface area contributed by atoms with Crippen molar-refractivity contribution in [3.05, 3.63) is 33.9 Å². The zero-order valence-electron chi connectivity index (χ0n) is 11.0. The minimum Gasteiger partial charge on any atom is -0.375 e. The molecular weight excluding hydrogens is 299 g/mol. The molecule has 1 aromatic carbocycles. The fraction of sp³-hybridized carbons (Fsp3) is 0.500. The average molecular weight is 312 g/mol. The highest BCUT2D eigenvalue weighted by Gasteiger charge is 2.27.